The first-order chi connectivity index (χ1) is 5.12. The highest BCUT2D eigenvalue weighted by molar-refractivity contribution is 9.10. The molecule has 0 saturated carbocycles. The maximum atomic E-state index is 3.61. The van der Waals surface area contributed by atoms with Gasteiger partial charge < -0.3 is 0 Å². The SMILES string of the molecule is C=C/C=C\C(C)(Br)/C=C\CC. The molecule has 0 aliphatic rings. The maximum absolute atomic E-state index is 3.61. The molecule has 0 fully saturated rings. The summed E-state index contributed by atoms with van der Waals surface area (Å²) >= 11 is 3.56. The van der Waals surface area contributed by atoms with Crippen LogP contribution in [0.15, 0.2) is 37.0 Å². The zero-order valence-electron chi connectivity index (χ0n) is 7.18. The molecule has 0 aromatic rings. The largest absolute Gasteiger partial charge is 0.0991 e. The first-order valence-electron chi connectivity index (χ1n) is 3.79. The van der Waals surface area contributed by atoms with Gasteiger partial charge in [0.15, 0.2) is 0 Å². The Balaban J connectivity index is 4.09. The number of rotatable bonds is 4. The molecule has 0 radical (unpaired) electrons. The van der Waals surface area contributed by atoms with Crippen LogP contribution in [0.1, 0.15) is 20.3 Å². The molecule has 11 heavy (non-hydrogen) atoms. The first kappa shape index (κ1) is 10.7. The first-order valence-corrected chi connectivity index (χ1v) is 4.58. The van der Waals surface area contributed by atoms with Gasteiger partial charge in [0.25, 0.3) is 0 Å². The van der Waals surface area contributed by atoms with E-state index in [2.05, 4.69) is 54.6 Å². The summed E-state index contributed by atoms with van der Waals surface area (Å²) in [7, 11) is 0. The van der Waals surface area contributed by atoms with Crippen molar-refractivity contribution in [1.29, 1.82) is 0 Å². The van der Waals surface area contributed by atoms with Gasteiger partial charge in [0.2, 0.25) is 0 Å². The summed E-state index contributed by atoms with van der Waals surface area (Å²) in [6.45, 7) is 7.83. The van der Waals surface area contributed by atoms with Gasteiger partial charge in [-0.25, -0.2) is 0 Å². The molecule has 0 heterocycles. The Morgan fingerprint density at radius 1 is 1.45 bits per heavy atom. The summed E-state index contributed by atoms with van der Waals surface area (Å²) in [4.78, 5) is 0. The fourth-order valence-electron chi connectivity index (χ4n) is 0.660. The van der Waals surface area contributed by atoms with Crippen molar-refractivity contribution in [2.45, 2.75) is 24.6 Å². The lowest BCUT2D eigenvalue weighted by Gasteiger charge is -2.10. The fourth-order valence-corrected chi connectivity index (χ4v) is 1.000. The maximum Gasteiger partial charge on any atom is 0.0591 e. The zero-order chi connectivity index (χ0) is 8.74. The minimum atomic E-state index is -0.0167. The van der Waals surface area contributed by atoms with E-state index < -0.39 is 0 Å². The summed E-state index contributed by atoms with van der Waals surface area (Å²) in [5.41, 5.74) is 0. The Morgan fingerprint density at radius 3 is 2.55 bits per heavy atom. The molecule has 0 aromatic carbocycles. The summed E-state index contributed by atoms with van der Waals surface area (Å²) in [5, 5.41) is 0. The van der Waals surface area contributed by atoms with Crippen LogP contribution in [0, 0.1) is 0 Å². The number of allylic oxidation sites excluding steroid dienone is 5. The van der Waals surface area contributed by atoms with E-state index in [1.807, 2.05) is 6.08 Å². The van der Waals surface area contributed by atoms with Crippen LogP contribution in [0.4, 0.5) is 0 Å². The van der Waals surface area contributed by atoms with Gasteiger partial charge in [-0.1, -0.05) is 59.8 Å². The second kappa shape index (κ2) is 5.36. The molecule has 0 rings (SSSR count). The van der Waals surface area contributed by atoms with E-state index in [0.29, 0.717) is 0 Å². The molecule has 1 unspecified atom stereocenters. The molecule has 0 amide bonds. The highest BCUT2D eigenvalue weighted by Gasteiger charge is 2.09. The molecule has 0 saturated heterocycles. The van der Waals surface area contributed by atoms with Gasteiger partial charge in [0.1, 0.15) is 0 Å². The van der Waals surface area contributed by atoms with E-state index in [0.717, 1.165) is 6.42 Å². The average Bonchev–Trinajstić information content (AvgIpc) is 1.97. The van der Waals surface area contributed by atoms with E-state index in [-0.39, 0.29) is 4.32 Å². The van der Waals surface area contributed by atoms with E-state index in [1.54, 1.807) is 6.08 Å². The van der Waals surface area contributed by atoms with Gasteiger partial charge in [-0.3, -0.25) is 0 Å². The minimum absolute atomic E-state index is 0.0167. The van der Waals surface area contributed by atoms with Crippen LogP contribution in [0.2, 0.25) is 0 Å². The van der Waals surface area contributed by atoms with Crippen LogP contribution in [0.25, 0.3) is 0 Å². The Kier molecular flexibility index (Phi) is 5.22. The van der Waals surface area contributed by atoms with Crippen LogP contribution in [-0.4, -0.2) is 4.32 Å². The second-order valence-electron chi connectivity index (χ2n) is 2.56. The lowest BCUT2D eigenvalue weighted by atomic mass is 10.1. The van der Waals surface area contributed by atoms with Crippen LogP contribution in [-0.2, 0) is 0 Å². The minimum Gasteiger partial charge on any atom is -0.0991 e. The van der Waals surface area contributed by atoms with E-state index in [9.17, 15) is 0 Å². The van der Waals surface area contributed by atoms with Crippen LogP contribution in [0.3, 0.4) is 0 Å². The third-order valence-electron chi connectivity index (χ3n) is 1.24. The standard InChI is InChI=1S/C10H15Br/c1-4-6-8-10(3,11)9-7-5-2/h4,6-9H,1,5H2,2-3H3/b8-6-,9-7-. The monoisotopic (exact) mass is 214 g/mol. The van der Waals surface area contributed by atoms with Crippen LogP contribution >= 0.6 is 15.9 Å². The van der Waals surface area contributed by atoms with Crippen molar-refractivity contribution in [1.82, 2.24) is 0 Å². The molecule has 1 atom stereocenters. The van der Waals surface area contributed by atoms with Gasteiger partial charge in [-0.05, 0) is 13.3 Å². The van der Waals surface area contributed by atoms with Crippen molar-refractivity contribution in [2.24, 2.45) is 0 Å². The summed E-state index contributed by atoms with van der Waals surface area (Å²) in [5.74, 6) is 0. The van der Waals surface area contributed by atoms with Gasteiger partial charge >= 0.3 is 0 Å². The van der Waals surface area contributed by atoms with Gasteiger partial charge in [-0.2, -0.15) is 0 Å². The Morgan fingerprint density at radius 2 is 2.09 bits per heavy atom. The van der Waals surface area contributed by atoms with E-state index in [1.165, 1.54) is 0 Å². The average molecular weight is 215 g/mol. The van der Waals surface area contributed by atoms with E-state index >= 15 is 0 Å². The zero-order valence-corrected chi connectivity index (χ0v) is 8.76. The van der Waals surface area contributed by atoms with Crippen LogP contribution < -0.4 is 0 Å². The van der Waals surface area contributed by atoms with Crippen LogP contribution in [0.5, 0.6) is 0 Å². The highest BCUT2D eigenvalue weighted by atomic mass is 79.9. The quantitative estimate of drug-likeness (QED) is 0.379. The molecular weight excluding hydrogens is 200 g/mol. The molecule has 0 aromatic heterocycles. The molecule has 0 aliphatic carbocycles. The lowest BCUT2D eigenvalue weighted by molar-refractivity contribution is 1.02. The number of hydrogen-bond acceptors (Lipinski definition) is 0. The summed E-state index contributed by atoms with van der Waals surface area (Å²) in [6, 6.07) is 0. The normalized spacial score (nSPS) is 17.4. The lowest BCUT2D eigenvalue weighted by Crippen LogP contribution is -2.05. The molecular formula is C10H15Br. The predicted molar refractivity (Wildman–Crippen MR) is 56.1 cm³/mol. The third-order valence-corrected chi connectivity index (χ3v) is 1.77. The fraction of sp³-hybridized carbons (Fsp3) is 0.400. The molecule has 0 spiro atoms. The Bertz CT molecular complexity index is 164. The predicted octanol–water partition coefficient (Wildman–Crippen LogP) is 3.85. The van der Waals surface area contributed by atoms with Gasteiger partial charge in [-0.15, -0.1) is 0 Å². The van der Waals surface area contributed by atoms with Crippen molar-refractivity contribution in [3.05, 3.63) is 37.0 Å². The summed E-state index contributed by atoms with van der Waals surface area (Å²) < 4.78 is -0.0167. The molecule has 0 N–H and O–H groups in total. The van der Waals surface area contributed by atoms with Crippen molar-refractivity contribution >= 4 is 15.9 Å². The second-order valence-corrected chi connectivity index (χ2v) is 4.27. The number of halogens is 1. The van der Waals surface area contributed by atoms with Crippen molar-refractivity contribution in [3.63, 3.8) is 0 Å². The Labute approximate surface area is 77.8 Å². The third kappa shape index (κ3) is 6.11. The molecule has 0 aliphatic heterocycles. The van der Waals surface area contributed by atoms with Crippen molar-refractivity contribution < 1.29 is 0 Å². The topological polar surface area (TPSA) is 0 Å². The Hall–Kier alpha value is -0.300. The molecule has 0 bridgehead atoms. The highest BCUT2D eigenvalue weighted by Crippen LogP contribution is 2.20. The molecule has 0 nitrogen and oxygen atoms in total. The van der Waals surface area contributed by atoms with Crippen molar-refractivity contribution in [2.75, 3.05) is 0 Å². The van der Waals surface area contributed by atoms with E-state index in [4.69, 9.17) is 0 Å². The van der Waals surface area contributed by atoms with Gasteiger partial charge in [0, 0.05) is 0 Å². The number of hydrogen-bond donors (Lipinski definition) is 0. The summed E-state index contributed by atoms with van der Waals surface area (Å²) in [6.07, 6.45) is 11.1. The van der Waals surface area contributed by atoms with Gasteiger partial charge in [0.05, 0.1) is 4.32 Å². The molecule has 62 valence electrons. The smallest absolute Gasteiger partial charge is 0.0591 e. The number of alkyl halides is 1. The molecule has 1 heteroatoms. The van der Waals surface area contributed by atoms with Crippen molar-refractivity contribution in [3.8, 4) is 0 Å².